The van der Waals surface area contributed by atoms with Gasteiger partial charge in [0, 0.05) is 19.2 Å². The zero-order chi connectivity index (χ0) is 19.4. The molecule has 3 aromatic rings. The Morgan fingerprint density at radius 2 is 1.74 bits per heavy atom. The van der Waals surface area contributed by atoms with Gasteiger partial charge in [0.2, 0.25) is 10.0 Å². The highest BCUT2D eigenvalue weighted by atomic mass is 32.2. The van der Waals surface area contributed by atoms with E-state index in [2.05, 4.69) is 10.0 Å². The van der Waals surface area contributed by atoms with E-state index in [0.717, 1.165) is 11.6 Å². The van der Waals surface area contributed by atoms with Crippen molar-refractivity contribution in [3.8, 4) is 0 Å². The molecular formula is C19H18N2O5S. The molecule has 7 nitrogen and oxygen atoms in total. The average molecular weight is 386 g/mol. The fraction of sp³-hybridized carbons (Fsp3) is 0.158. The minimum atomic E-state index is -3.65. The molecule has 0 atom stereocenters. The summed E-state index contributed by atoms with van der Waals surface area (Å²) in [5.74, 6) is -0.715. The highest BCUT2D eigenvalue weighted by molar-refractivity contribution is 7.89. The molecule has 2 N–H and O–H groups in total. The first-order chi connectivity index (χ1) is 12.9. The van der Waals surface area contributed by atoms with Crippen LogP contribution in [0.1, 0.15) is 16.1 Å². The Morgan fingerprint density at radius 3 is 2.48 bits per heavy atom. The molecule has 3 rings (SSSR count). The lowest BCUT2D eigenvalue weighted by Crippen LogP contribution is -2.35. The maximum Gasteiger partial charge on any atom is 0.287 e. The van der Waals surface area contributed by atoms with Crippen molar-refractivity contribution in [1.82, 2.24) is 10.0 Å². The van der Waals surface area contributed by atoms with Crippen molar-refractivity contribution in [1.29, 1.82) is 0 Å². The van der Waals surface area contributed by atoms with Crippen LogP contribution in [-0.2, 0) is 10.0 Å². The largest absolute Gasteiger partial charge is 0.451 e. The van der Waals surface area contributed by atoms with Crippen molar-refractivity contribution in [2.24, 2.45) is 0 Å². The monoisotopic (exact) mass is 386 g/mol. The Kier molecular flexibility index (Phi) is 5.38. The Morgan fingerprint density at radius 1 is 1.04 bits per heavy atom. The second-order valence-electron chi connectivity index (χ2n) is 5.94. The second kappa shape index (κ2) is 7.73. The number of para-hydroxylation sites is 1. The van der Waals surface area contributed by atoms with E-state index in [4.69, 9.17) is 4.42 Å². The first-order valence-electron chi connectivity index (χ1n) is 8.24. The third-order valence-corrected chi connectivity index (χ3v) is 5.37. The summed E-state index contributed by atoms with van der Waals surface area (Å²) in [4.78, 5) is 24.3. The van der Waals surface area contributed by atoms with Gasteiger partial charge in [-0.25, -0.2) is 13.1 Å². The van der Waals surface area contributed by atoms with Crippen LogP contribution >= 0.6 is 0 Å². The summed E-state index contributed by atoms with van der Waals surface area (Å²) in [5.41, 5.74) is 0.954. The zero-order valence-electron chi connectivity index (χ0n) is 14.6. The van der Waals surface area contributed by atoms with E-state index in [1.54, 1.807) is 36.4 Å². The molecule has 0 fully saturated rings. The summed E-state index contributed by atoms with van der Waals surface area (Å²) >= 11 is 0. The van der Waals surface area contributed by atoms with E-state index in [0.29, 0.717) is 11.0 Å². The van der Waals surface area contributed by atoms with Crippen LogP contribution in [0.15, 0.2) is 68.7 Å². The molecule has 27 heavy (non-hydrogen) atoms. The molecule has 0 unspecified atom stereocenters. The number of fused-ring (bicyclic) bond motifs is 1. The predicted molar refractivity (Wildman–Crippen MR) is 101 cm³/mol. The van der Waals surface area contributed by atoms with Gasteiger partial charge in [-0.2, -0.15) is 0 Å². The smallest absolute Gasteiger partial charge is 0.287 e. The third-order valence-electron chi connectivity index (χ3n) is 3.89. The van der Waals surface area contributed by atoms with Crippen LogP contribution in [-0.4, -0.2) is 27.4 Å². The van der Waals surface area contributed by atoms with Gasteiger partial charge in [-0.1, -0.05) is 29.8 Å². The SMILES string of the molecule is Cc1ccc(S(=O)(=O)NCCNC(=O)c2cc(=O)c3ccccc3o2)cc1. The van der Waals surface area contributed by atoms with E-state index < -0.39 is 15.9 Å². The van der Waals surface area contributed by atoms with Crippen LogP contribution in [0.4, 0.5) is 0 Å². The lowest BCUT2D eigenvalue weighted by Gasteiger charge is -2.08. The lowest BCUT2D eigenvalue weighted by molar-refractivity contribution is 0.0927. The van der Waals surface area contributed by atoms with Gasteiger partial charge in [-0.3, -0.25) is 9.59 Å². The number of nitrogens with one attached hydrogen (secondary N) is 2. The van der Waals surface area contributed by atoms with Crippen LogP contribution in [0, 0.1) is 6.92 Å². The van der Waals surface area contributed by atoms with Crippen molar-refractivity contribution in [2.45, 2.75) is 11.8 Å². The molecule has 0 radical (unpaired) electrons. The number of amides is 1. The van der Waals surface area contributed by atoms with Crippen LogP contribution < -0.4 is 15.5 Å². The Hall–Kier alpha value is -2.97. The minimum Gasteiger partial charge on any atom is -0.451 e. The van der Waals surface area contributed by atoms with Gasteiger partial charge in [0.1, 0.15) is 5.58 Å². The van der Waals surface area contributed by atoms with E-state index >= 15 is 0 Å². The Balaban J connectivity index is 1.60. The second-order valence-corrected chi connectivity index (χ2v) is 7.70. The number of carbonyl (C=O) groups is 1. The third kappa shape index (κ3) is 4.42. The summed E-state index contributed by atoms with van der Waals surface area (Å²) in [6.07, 6.45) is 0. The van der Waals surface area contributed by atoms with Crippen LogP contribution in [0.3, 0.4) is 0 Å². The van der Waals surface area contributed by atoms with Crippen LogP contribution in [0.5, 0.6) is 0 Å². The van der Waals surface area contributed by atoms with Gasteiger partial charge in [-0.05, 0) is 31.2 Å². The molecule has 0 aliphatic rings. The summed E-state index contributed by atoms with van der Waals surface area (Å²) < 4.78 is 32.2. The van der Waals surface area contributed by atoms with Gasteiger partial charge in [0.05, 0.1) is 10.3 Å². The number of rotatable bonds is 6. The Labute approximate surface area is 156 Å². The van der Waals surface area contributed by atoms with E-state index in [9.17, 15) is 18.0 Å². The van der Waals surface area contributed by atoms with Crippen molar-refractivity contribution in [3.63, 3.8) is 0 Å². The van der Waals surface area contributed by atoms with Gasteiger partial charge in [0.25, 0.3) is 5.91 Å². The fourth-order valence-corrected chi connectivity index (χ4v) is 3.50. The summed E-state index contributed by atoms with van der Waals surface area (Å²) in [6, 6.07) is 14.2. The van der Waals surface area contributed by atoms with Crippen molar-refractivity contribution in [3.05, 3.63) is 76.1 Å². The highest BCUT2D eigenvalue weighted by Gasteiger charge is 2.14. The molecule has 0 aliphatic heterocycles. The van der Waals surface area contributed by atoms with Crippen LogP contribution in [0.25, 0.3) is 11.0 Å². The standard InChI is InChI=1S/C19H18N2O5S/c1-13-6-8-14(9-7-13)27(24,25)21-11-10-20-19(23)18-12-16(22)15-4-2-3-5-17(15)26-18/h2-9,12,21H,10-11H2,1H3,(H,20,23). The maximum absolute atomic E-state index is 12.2. The van der Waals surface area contributed by atoms with Crippen molar-refractivity contribution < 1.29 is 17.6 Å². The number of aryl methyl sites for hydroxylation is 1. The number of hydrogen-bond acceptors (Lipinski definition) is 5. The molecule has 0 spiro atoms. The number of carbonyl (C=O) groups excluding carboxylic acids is 1. The molecule has 2 aromatic carbocycles. The van der Waals surface area contributed by atoms with Gasteiger partial charge < -0.3 is 9.73 Å². The number of benzene rings is 2. The zero-order valence-corrected chi connectivity index (χ0v) is 15.4. The lowest BCUT2D eigenvalue weighted by atomic mass is 10.2. The summed E-state index contributed by atoms with van der Waals surface area (Å²) in [6.45, 7) is 1.91. The molecule has 0 saturated carbocycles. The van der Waals surface area contributed by atoms with Gasteiger partial charge in [0.15, 0.2) is 11.2 Å². The fourth-order valence-electron chi connectivity index (χ4n) is 2.47. The van der Waals surface area contributed by atoms with E-state index in [1.807, 2.05) is 6.92 Å². The topological polar surface area (TPSA) is 105 Å². The van der Waals surface area contributed by atoms with Crippen molar-refractivity contribution >= 4 is 26.9 Å². The number of sulfonamides is 1. The summed E-state index contributed by atoms with van der Waals surface area (Å²) in [7, 11) is -3.65. The summed E-state index contributed by atoms with van der Waals surface area (Å²) in [5, 5.41) is 2.91. The van der Waals surface area contributed by atoms with E-state index in [-0.39, 0.29) is 29.2 Å². The maximum atomic E-state index is 12.2. The normalized spacial score (nSPS) is 11.4. The first kappa shape index (κ1) is 18.8. The van der Waals surface area contributed by atoms with Gasteiger partial charge in [-0.15, -0.1) is 0 Å². The van der Waals surface area contributed by atoms with Gasteiger partial charge >= 0.3 is 0 Å². The minimum absolute atomic E-state index is 0.000235. The Bertz CT molecular complexity index is 1130. The molecule has 8 heteroatoms. The molecule has 0 saturated heterocycles. The molecule has 1 aromatic heterocycles. The molecule has 1 amide bonds. The predicted octanol–water partition coefficient (Wildman–Crippen LogP) is 1.81. The molecule has 0 bridgehead atoms. The first-order valence-corrected chi connectivity index (χ1v) is 9.72. The molecule has 140 valence electrons. The highest BCUT2D eigenvalue weighted by Crippen LogP contribution is 2.12. The quantitative estimate of drug-likeness (QED) is 0.629. The molecule has 0 aliphatic carbocycles. The number of hydrogen-bond donors (Lipinski definition) is 2. The van der Waals surface area contributed by atoms with E-state index in [1.165, 1.54) is 12.1 Å². The van der Waals surface area contributed by atoms with Crippen molar-refractivity contribution in [2.75, 3.05) is 13.1 Å². The average Bonchev–Trinajstić information content (AvgIpc) is 2.65. The van der Waals surface area contributed by atoms with Crippen LogP contribution in [0.2, 0.25) is 0 Å². The molecule has 1 heterocycles. The molecular weight excluding hydrogens is 368 g/mol.